The first kappa shape index (κ1) is 16.4. The first-order valence-electron chi connectivity index (χ1n) is 8.25. The van der Waals surface area contributed by atoms with Crippen molar-refractivity contribution in [2.24, 2.45) is 0 Å². The van der Waals surface area contributed by atoms with E-state index in [1.807, 2.05) is 24.3 Å². The minimum absolute atomic E-state index is 0.117. The van der Waals surface area contributed by atoms with E-state index in [-0.39, 0.29) is 11.2 Å². The average Bonchev–Trinajstić information content (AvgIpc) is 2.51. The quantitative estimate of drug-likeness (QED) is 0.578. The largest absolute Gasteiger partial charge is 0.289 e. The summed E-state index contributed by atoms with van der Waals surface area (Å²) in [5.41, 5.74) is 5.59. The van der Waals surface area contributed by atoms with Crippen LogP contribution in [0.15, 0.2) is 40.9 Å². The molecule has 0 amide bonds. The standard InChI is InChI=1S/C21H23BrO/c1-13-9-10-21(3,4)19-12-18(14(2)11-17(13)19)20(23)15-5-7-16(22)8-6-15/h5-8,11-13H,9-10H2,1-4H3. The van der Waals surface area contributed by atoms with E-state index >= 15 is 0 Å². The summed E-state index contributed by atoms with van der Waals surface area (Å²) in [5.74, 6) is 0.695. The highest BCUT2D eigenvalue weighted by molar-refractivity contribution is 9.10. The molecule has 0 heterocycles. The van der Waals surface area contributed by atoms with E-state index in [1.165, 1.54) is 24.0 Å². The molecular formula is C21H23BrO. The van der Waals surface area contributed by atoms with Gasteiger partial charge in [-0.05, 0) is 78.1 Å². The number of benzene rings is 2. The number of hydrogen-bond donors (Lipinski definition) is 0. The number of hydrogen-bond acceptors (Lipinski definition) is 1. The van der Waals surface area contributed by atoms with Crippen molar-refractivity contribution in [1.82, 2.24) is 0 Å². The van der Waals surface area contributed by atoms with E-state index in [1.54, 1.807) is 0 Å². The molecule has 1 atom stereocenters. The molecule has 120 valence electrons. The molecule has 0 N–H and O–H groups in total. The summed E-state index contributed by atoms with van der Waals surface area (Å²) in [6.07, 6.45) is 2.40. The van der Waals surface area contributed by atoms with Gasteiger partial charge in [0.1, 0.15) is 0 Å². The molecular weight excluding hydrogens is 348 g/mol. The molecule has 1 aliphatic rings. The van der Waals surface area contributed by atoms with Crippen LogP contribution < -0.4 is 0 Å². The molecule has 1 unspecified atom stereocenters. The van der Waals surface area contributed by atoms with E-state index in [0.717, 1.165) is 21.2 Å². The fraction of sp³-hybridized carbons (Fsp3) is 0.381. The molecule has 0 aliphatic heterocycles. The van der Waals surface area contributed by atoms with Crippen molar-refractivity contribution in [2.75, 3.05) is 0 Å². The van der Waals surface area contributed by atoms with Gasteiger partial charge in [-0.25, -0.2) is 0 Å². The van der Waals surface area contributed by atoms with Crippen LogP contribution in [-0.4, -0.2) is 5.78 Å². The number of carbonyl (C=O) groups is 1. The van der Waals surface area contributed by atoms with Crippen molar-refractivity contribution in [1.29, 1.82) is 0 Å². The Balaban J connectivity index is 2.10. The molecule has 0 saturated heterocycles. The summed E-state index contributed by atoms with van der Waals surface area (Å²) in [5, 5.41) is 0. The van der Waals surface area contributed by atoms with Gasteiger partial charge < -0.3 is 0 Å². The highest BCUT2D eigenvalue weighted by Gasteiger charge is 2.32. The maximum absolute atomic E-state index is 12.9. The Labute approximate surface area is 147 Å². The van der Waals surface area contributed by atoms with Gasteiger partial charge in [-0.2, -0.15) is 0 Å². The van der Waals surface area contributed by atoms with Gasteiger partial charge >= 0.3 is 0 Å². The maximum atomic E-state index is 12.9. The molecule has 3 rings (SSSR count). The van der Waals surface area contributed by atoms with Gasteiger partial charge in [0.2, 0.25) is 0 Å². The summed E-state index contributed by atoms with van der Waals surface area (Å²) in [6, 6.07) is 12.0. The highest BCUT2D eigenvalue weighted by atomic mass is 79.9. The summed E-state index contributed by atoms with van der Waals surface area (Å²) in [6.45, 7) is 8.94. The number of ketones is 1. The molecule has 0 saturated carbocycles. The monoisotopic (exact) mass is 370 g/mol. The maximum Gasteiger partial charge on any atom is 0.193 e. The van der Waals surface area contributed by atoms with Crippen LogP contribution in [0.1, 0.15) is 72.1 Å². The molecule has 2 aromatic rings. The molecule has 2 heteroatoms. The minimum Gasteiger partial charge on any atom is -0.289 e. The fourth-order valence-corrected chi connectivity index (χ4v) is 3.86. The number of aryl methyl sites for hydroxylation is 1. The Bertz CT molecular complexity index is 756. The van der Waals surface area contributed by atoms with E-state index < -0.39 is 0 Å². The van der Waals surface area contributed by atoms with Crippen molar-refractivity contribution in [3.8, 4) is 0 Å². The SMILES string of the molecule is Cc1cc2c(cc1C(=O)c1ccc(Br)cc1)C(C)(C)CCC2C. The number of carbonyl (C=O) groups excluding carboxylic acids is 1. The predicted molar refractivity (Wildman–Crippen MR) is 99.4 cm³/mol. The first-order valence-corrected chi connectivity index (χ1v) is 9.04. The molecule has 0 radical (unpaired) electrons. The van der Waals surface area contributed by atoms with Crippen LogP contribution in [0.25, 0.3) is 0 Å². The Morgan fingerprint density at radius 3 is 2.48 bits per heavy atom. The molecule has 1 aliphatic carbocycles. The second-order valence-corrected chi connectivity index (χ2v) is 8.33. The second kappa shape index (κ2) is 5.90. The van der Waals surface area contributed by atoms with Crippen molar-refractivity contribution < 1.29 is 4.79 Å². The fourth-order valence-electron chi connectivity index (χ4n) is 3.59. The second-order valence-electron chi connectivity index (χ2n) is 7.41. The van der Waals surface area contributed by atoms with Gasteiger partial charge in [-0.3, -0.25) is 4.79 Å². The zero-order valence-corrected chi connectivity index (χ0v) is 15.8. The lowest BCUT2D eigenvalue weighted by Gasteiger charge is -2.36. The van der Waals surface area contributed by atoms with E-state index in [2.05, 4.69) is 55.8 Å². The van der Waals surface area contributed by atoms with Gasteiger partial charge in [0, 0.05) is 15.6 Å². The van der Waals surface area contributed by atoms with Gasteiger partial charge in [-0.1, -0.05) is 42.8 Å². The lowest BCUT2D eigenvalue weighted by atomic mass is 9.68. The van der Waals surface area contributed by atoms with E-state index in [9.17, 15) is 4.79 Å². The van der Waals surface area contributed by atoms with E-state index in [4.69, 9.17) is 0 Å². The lowest BCUT2D eigenvalue weighted by molar-refractivity contribution is 0.103. The van der Waals surface area contributed by atoms with Crippen molar-refractivity contribution in [2.45, 2.75) is 51.9 Å². The molecule has 0 bridgehead atoms. The topological polar surface area (TPSA) is 17.1 Å². The van der Waals surface area contributed by atoms with Crippen LogP contribution in [0.2, 0.25) is 0 Å². The Morgan fingerprint density at radius 1 is 1.17 bits per heavy atom. The number of halogens is 1. The summed E-state index contributed by atoms with van der Waals surface area (Å²) in [7, 11) is 0. The Hall–Kier alpha value is -1.41. The number of rotatable bonds is 2. The van der Waals surface area contributed by atoms with Crippen LogP contribution in [0, 0.1) is 6.92 Å². The Kier molecular flexibility index (Phi) is 4.22. The minimum atomic E-state index is 0.117. The third kappa shape index (κ3) is 3.01. The zero-order valence-electron chi connectivity index (χ0n) is 14.2. The third-order valence-electron chi connectivity index (χ3n) is 5.21. The van der Waals surface area contributed by atoms with E-state index in [0.29, 0.717) is 5.92 Å². The van der Waals surface area contributed by atoms with Crippen LogP contribution in [0.5, 0.6) is 0 Å². The Morgan fingerprint density at radius 2 is 1.83 bits per heavy atom. The number of fused-ring (bicyclic) bond motifs is 1. The normalized spacial score (nSPS) is 19.3. The summed E-state index contributed by atoms with van der Waals surface area (Å²) in [4.78, 5) is 12.9. The average molecular weight is 371 g/mol. The molecule has 0 fully saturated rings. The van der Waals surface area contributed by atoms with Crippen LogP contribution in [0.3, 0.4) is 0 Å². The predicted octanol–water partition coefficient (Wildman–Crippen LogP) is 6.16. The molecule has 1 nitrogen and oxygen atoms in total. The van der Waals surface area contributed by atoms with Gasteiger partial charge in [-0.15, -0.1) is 0 Å². The summed E-state index contributed by atoms with van der Waals surface area (Å²) >= 11 is 3.42. The van der Waals surface area contributed by atoms with Crippen LogP contribution >= 0.6 is 15.9 Å². The molecule has 23 heavy (non-hydrogen) atoms. The van der Waals surface area contributed by atoms with Gasteiger partial charge in [0.05, 0.1) is 0 Å². The van der Waals surface area contributed by atoms with Crippen LogP contribution in [-0.2, 0) is 5.41 Å². The zero-order chi connectivity index (χ0) is 16.8. The molecule has 0 spiro atoms. The lowest BCUT2D eigenvalue weighted by Crippen LogP contribution is -2.26. The van der Waals surface area contributed by atoms with Crippen molar-refractivity contribution in [3.05, 3.63) is 68.7 Å². The van der Waals surface area contributed by atoms with Gasteiger partial charge in [0.15, 0.2) is 5.78 Å². The molecule has 2 aromatic carbocycles. The molecule has 0 aromatic heterocycles. The highest BCUT2D eigenvalue weighted by Crippen LogP contribution is 2.43. The summed E-state index contributed by atoms with van der Waals surface area (Å²) < 4.78 is 0.992. The van der Waals surface area contributed by atoms with Crippen molar-refractivity contribution in [3.63, 3.8) is 0 Å². The van der Waals surface area contributed by atoms with Crippen molar-refractivity contribution >= 4 is 21.7 Å². The smallest absolute Gasteiger partial charge is 0.193 e. The van der Waals surface area contributed by atoms with Gasteiger partial charge in [0.25, 0.3) is 0 Å². The third-order valence-corrected chi connectivity index (χ3v) is 5.74. The first-order chi connectivity index (χ1) is 10.8. The van der Waals surface area contributed by atoms with Crippen LogP contribution in [0.4, 0.5) is 0 Å².